The average molecular weight is 361 g/mol. The zero-order valence-electron chi connectivity index (χ0n) is 14.2. The van der Waals surface area contributed by atoms with Gasteiger partial charge >= 0.3 is 5.97 Å². The van der Waals surface area contributed by atoms with Crippen molar-refractivity contribution in [2.45, 2.75) is 19.3 Å². The molecule has 0 amide bonds. The number of unbranched alkanes of at least 4 members (excludes halogenated alkanes) is 2. The molecule has 0 bridgehead atoms. The Bertz CT molecular complexity index is 685. The Hall–Kier alpha value is -2.40. The maximum absolute atomic E-state index is 11.4. The molecule has 2 rings (SSSR count). The minimum atomic E-state index is -0.373. The molecule has 0 unspecified atom stereocenters. The quantitative estimate of drug-likeness (QED) is 0.250. The monoisotopic (exact) mass is 360 g/mol. The number of hydrogen-bond acceptors (Lipinski definition) is 5. The molecule has 0 saturated heterocycles. The number of alkyl halides is 1. The summed E-state index contributed by atoms with van der Waals surface area (Å²) in [5, 5.41) is 8.32. The van der Waals surface area contributed by atoms with Crippen LogP contribution in [0.25, 0.3) is 0 Å². The molecule has 0 saturated carbocycles. The standard InChI is InChI=1S/C19H21ClN2O3/c1-24-19(23)15-5-7-16(8-6-15)21-22-17-9-11-18(12-10-17)25-14-4-2-3-13-20/h5-12H,2-4,13-14H2,1H3/b22-21+. The van der Waals surface area contributed by atoms with E-state index < -0.39 is 0 Å². The van der Waals surface area contributed by atoms with E-state index in [4.69, 9.17) is 16.3 Å². The number of ether oxygens (including phenoxy) is 2. The highest BCUT2D eigenvalue weighted by atomic mass is 35.5. The molecule has 6 heteroatoms. The SMILES string of the molecule is COC(=O)c1ccc(/N=N/c2ccc(OCCCCCCl)cc2)cc1. The molecule has 0 aliphatic heterocycles. The summed E-state index contributed by atoms with van der Waals surface area (Å²) in [5.41, 5.74) is 1.87. The van der Waals surface area contributed by atoms with Gasteiger partial charge in [0.25, 0.3) is 0 Å². The summed E-state index contributed by atoms with van der Waals surface area (Å²) in [4.78, 5) is 11.4. The van der Waals surface area contributed by atoms with Gasteiger partial charge in [-0.25, -0.2) is 4.79 Å². The van der Waals surface area contributed by atoms with Crippen LogP contribution in [-0.4, -0.2) is 25.6 Å². The van der Waals surface area contributed by atoms with Crippen LogP contribution in [0.2, 0.25) is 0 Å². The molecule has 0 atom stereocenters. The van der Waals surface area contributed by atoms with Crippen LogP contribution in [0.15, 0.2) is 58.8 Å². The Kier molecular flexibility index (Phi) is 7.92. The van der Waals surface area contributed by atoms with Crippen molar-refractivity contribution in [3.63, 3.8) is 0 Å². The average Bonchev–Trinajstić information content (AvgIpc) is 2.67. The predicted octanol–water partition coefficient (Wildman–Crippen LogP) is 5.68. The topological polar surface area (TPSA) is 60.2 Å². The third-order valence-corrected chi connectivity index (χ3v) is 3.72. The van der Waals surface area contributed by atoms with Crippen LogP contribution in [0.1, 0.15) is 29.6 Å². The maximum Gasteiger partial charge on any atom is 0.337 e. The van der Waals surface area contributed by atoms with Crippen molar-refractivity contribution in [1.29, 1.82) is 0 Å². The first-order valence-electron chi connectivity index (χ1n) is 8.12. The number of rotatable bonds is 9. The van der Waals surface area contributed by atoms with Crippen LogP contribution in [0, 0.1) is 0 Å². The van der Waals surface area contributed by atoms with Crippen LogP contribution in [0.4, 0.5) is 11.4 Å². The number of benzene rings is 2. The van der Waals surface area contributed by atoms with E-state index in [1.807, 2.05) is 24.3 Å². The fourth-order valence-corrected chi connectivity index (χ4v) is 2.26. The van der Waals surface area contributed by atoms with Crippen molar-refractivity contribution in [3.05, 3.63) is 54.1 Å². The van der Waals surface area contributed by atoms with E-state index in [1.165, 1.54) is 7.11 Å². The largest absolute Gasteiger partial charge is 0.494 e. The van der Waals surface area contributed by atoms with Crippen molar-refractivity contribution < 1.29 is 14.3 Å². The molecule has 0 aliphatic carbocycles. The summed E-state index contributed by atoms with van der Waals surface area (Å²) >= 11 is 5.64. The minimum Gasteiger partial charge on any atom is -0.494 e. The summed E-state index contributed by atoms with van der Waals surface area (Å²) in [7, 11) is 1.35. The first-order chi connectivity index (χ1) is 12.2. The fraction of sp³-hybridized carbons (Fsp3) is 0.316. The lowest BCUT2D eigenvalue weighted by molar-refractivity contribution is 0.0601. The summed E-state index contributed by atoms with van der Waals surface area (Å²) < 4.78 is 10.3. The zero-order valence-corrected chi connectivity index (χ0v) is 14.9. The van der Waals surface area contributed by atoms with E-state index in [9.17, 15) is 4.79 Å². The van der Waals surface area contributed by atoms with E-state index in [-0.39, 0.29) is 5.97 Å². The van der Waals surface area contributed by atoms with E-state index in [1.54, 1.807) is 24.3 Å². The molecule has 0 heterocycles. The highest BCUT2D eigenvalue weighted by molar-refractivity contribution is 6.17. The third-order valence-electron chi connectivity index (χ3n) is 3.45. The molecule has 132 valence electrons. The Balaban J connectivity index is 1.85. The number of carbonyl (C=O) groups is 1. The Labute approximate surface area is 152 Å². The number of halogens is 1. The van der Waals surface area contributed by atoms with Crippen molar-refractivity contribution >= 4 is 28.9 Å². The number of methoxy groups -OCH3 is 1. The Morgan fingerprint density at radius 1 is 0.920 bits per heavy atom. The van der Waals surface area contributed by atoms with Crippen molar-refractivity contribution in [2.24, 2.45) is 10.2 Å². The maximum atomic E-state index is 11.4. The van der Waals surface area contributed by atoms with Crippen LogP contribution >= 0.6 is 11.6 Å². The van der Waals surface area contributed by atoms with Gasteiger partial charge in [-0.2, -0.15) is 10.2 Å². The van der Waals surface area contributed by atoms with Crippen LogP contribution < -0.4 is 4.74 Å². The first-order valence-corrected chi connectivity index (χ1v) is 8.65. The van der Waals surface area contributed by atoms with E-state index in [0.717, 1.165) is 30.7 Å². The normalized spacial score (nSPS) is 10.8. The molecule has 0 N–H and O–H groups in total. The van der Waals surface area contributed by atoms with Gasteiger partial charge in [0.1, 0.15) is 5.75 Å². The highest BCUT2D eigenvalue weighted by Gasteiger charge is 2.03. The number of carbonyl (C=O) groups excluding carboxylic acids is 1. The second-order valence-electron chi connectivity index (χ2n) is 5.33. The summed E-state index contributed by atoms with van der Waals surface area (Å²) in [6, 6.07) is 14.2. The van der Waals surface area contributed by atoms with Crippen LogP contribution in [0.3, 0.4) is 0 Å². The van der Waals surface area contributed by atoms with Crippen molar-refractivity contribution in [2.75, 3.05) is 19.6 Å². The zero-order chi connectivity index (χ0) is 17.9. The number of hydrogen-bond donors (Lipinski definition) is 0. The van der Waals surface area contributed by atoms with Gasteiger partial charge in [0, 0.05) is 5.88 Å². The third kappa shape index (κ3) is 6.55. The molecule has 5 nitrogen and oxygen atoms in total. The minimum absolute atomic E-state index is 0.373. The summed E-state index contributed by atoms with van der Waals surface area (Å²) in [6.45, 7) is 0.685. The van der Waals surface area contributed by atoms with Crippen LogP contribution in [0.5, 0.6) is 5.75 Å². The second-order valence-corrected chi connectivity index (χ2v) is 5.71. The van der Waals surface area contributed by atoms with Crippen molar-refractivity contribution in [3.8, 4) is 5.75 Å². The predicted molar refractivity (Wildman–Crippen MR) is 98.5 cm³/mol. The molecule has 0 fully saturated rings. The second kappa shape index (κ2) is 10.5. The molecule has 0 spiro atoms. The molecular weight excluding hydrogens is 340 g/mol. The Morgan fingerprint density at radius 2 is 1.52 bits per heavy atom. The Morgan fingerprint density at radius 3 is 2.08 bits per heavy atom. The highest BCUT2D eigenvalue weighted by Crippen LogP contribution is 2.22. The first kappa shape index (κ1) is 18.9. The molecule has 0 aliphatic rings. The van der Waals surface area contributed by atoms with Gasteiger partial charge < -0.3 is 9.47 Å². The van der Waals surface area contributed by atoms with Gasteiger partial charge in [-0.3, -0.25) is 0 Å². The van der Waals surface area contributed by atoms with Crippen molar-refractivity contribution in [1.82, 2.24) is 0 Å². The van der Waals surface area contributed by atoms with E-state index in [2.05, 4.69) is 15.0 Å². The van der Waals surface area contributed by atoms with Gasteiger partial charge in [0.2, 0.25) is 0 Å². The summed E-state index contributed by atoms with van der Waals surface area (Å²) in [6.07, 6.45) is 3.09. The van der Waals surface area contributed by atoms with Gasteiger partial charge in [-0.15, -0.1) is 11.6 Å². The molecule has 0 radical (unpaired) electrons. The van der Waals surface area contributed by atoms with E-state index >= 15 is 0 Å². The smallest absolute Gasteiger partial charge is 0.337 e. The van der Waals surface area contributed by atoms with E-state index in [0.29, 0.717) is 23.7 Å². The molecule has 25 heavy (non-hydrogen) atoms. The molecule has 2 aromatic carbocycles. The van der Waals surface area contributed by atoms with Gasteiger partial charge in [0.05, 0.1) is 30.7 Å². The lowest BCUT2D eigenvalue weighted by atomic mass is 10.2. The number of esters is 1. The fourth-order valence-electron chi connectivity index (χ4n) is 2.07. The summed E-state index contributed by atoms with van der Waals surface area (Å²) in [5.74, 6) is 1.14. The molecule has 2 aromatic rings. The number of azo groups is 1. The van der Waals surface area contributed by atoms with Gasteiger partial charge in [-0.05, 0) is 67.8 Å². The van der Waals surface area contributed by atoms with Crippen LogP contribution in [-0.2, 0) is 4.74 Å². The number of nitrogens with zero attached hydrogens (tertiary/aromatic N) is 2. The molecular formula is C19H21ClN2O3. The molecule has 0 aromatic heterocycles. The van der Waals surface area contributed by atoms with Gasteiger partial charge in [-0.1, -0.05) is 0 Å². The van der Waals surface area contributed by atoms with Gasteiger partial charge in [0.15, 0.2) is 0 Å². The lowest BCUT2D eigenvalue weighted by Crippen LogP contribution is -1.99. The lowest BCUT2D eigenvalue weighted by Gasteiger charge is -2.05.